The molecule has 122 valence electrons. The standard InChI is InChI=1S/C19H35NO/c1-8-10-14-11-19(14)12-15(16(21)18(6,7)9-2)20(13-19)17(3,4)5/h14-15H,8-13H2,1-7H3/t14?,15-,19-/m0/s1. The number of rotatable bonds is 5. The van der Waals surface area contributed by atoms with E-state index >= 15 is 0 Å². The van der Waals surface area contributed by atoms with E-state index in [2.05, 4.69) is 53.4 Å². The monoisotopic (exact) mass is 293 g/mol. The molecule has 2 rings (SSSR count). The lowest BCUT2D eigenvalue weighted by atomic mass is 9.79. The normalized spacial score (nSPS) is 33.7. The number of carbonyl (C=O) groups excluding carboxylic acids is 1. The van der Waals surface area contributed by atoms with Crippen molar-refractivity contribution in [3.05, 3.63) is 0 Å². The molecule has 2 aliphatic rings. The van der Waals surface area contributed by atoms with Gasteiger partial charge in [0.15, 0.2) is 5.78 Å². The fourth-order valence-corrected chi connectivity index (χ4v) is 4.21. The highest BCUT2D eigenvalue weighted by atomic mass is 16.1. The van der Waals surface area contributed by atoms with Crippen LogP contribution in [0.3, 0.4) is 0 Å². The molecular weight excluding hydrogens is 258 g/mol. The fourth-order valence-electron chi connectivity index (χ4n) is 4.21. The van der Waals surface area contributed by atoms with Gasteiger partial charge in [0.2, 0.25) is 0 Å². The first kappa shape index (κ1) is 17.0. The first-order chi connectivity index (χ1) is 9.57. The van der Waals surface area contributed by atoms with Crippen molar-refractivity contribution in [1.29, 1.82) is 0 Å². The molecule has 0 bridgehead atoms. The molecule has 2 fully saturated rings. The number of hydrogen-bond acceptors (Lipinski definition) is 2. The molecule has 0 amide bonds. The van der Waals surface area contributed by atoms with Crippen LogP contribution < -0.4 is 0 Å². The molecule has 1 spiro atoms. The van der Waals surface area contributed by atoms with Crippen molar-refractivity contribution in [2.45, 2.75) is 92.2 Å². The molecular formula is C19H35NO. The Morgan fingerprint density at radius 3 is 2.24 bits per heavy atom. The molecule has 1 aliphatic heterocycles. The van der Waals surface area contributed by atoms with E-state index in [1.54, 1.807) is 0 Å². The number of carbonyl (C=O) groups is 1. The molecule has 1 heterocycles. The lowest BCUT2D eigenvalue weighted by Crippen LogP contribution is -2.50. The highest BCUT2D eigenvalue weighted by molar-refractivity contribution is 5.89. The van der Waals surface area contributed by atoms with E-state index < -0.39 is 0 Å². The summed E-state index contributed by atoms with van der Waals surface area (Å²) in [5.41, 5.74) is 0.370. The molecule has 1 saturated carbocycles. The molecule has 2 nitrogen and oxygen atoms in total. The van der Waals surface area contributed by atoms with Crippen molar-refractivity contribution in [1.82, 2.24) is 4.90 Å². The Balaban J connectivity index is 2.21. The highest BCUT2D eigenvalue weighted by Crippen LogP contribution is 2.63. The summed E-state index contributed by atoms with van der Waals surface area (Å²) in [6.07, 6.45) is 6.02. The summed E-state index contributed by atoms with van der Waals surface area (Å²) in [5, 5.41) is 0. The number of nitrogens with zero attached hydrogens (tertiary/aromatic N) is 1. The summed E-state index contributed by atoms with van der Waals surface area (Å²) in [4.78, 5) is 15.6. The van der Waals surface area contributed by atoms with Crippen LogP contribution in [-0.2, 0) is 4.79 Å². The molecule has 1 saturated heterocycles. The molecule has 0 radical (unpaired) electrons. The van der Waals surface area contributed by atoms with E-state index in [0.717, 1.165) is 25.3 Å². The Kier molecular flexibility index (Phi) is 4.34. The second-order valence-corrected chi connectivity index (χ2v) is 9.17. The minimum atomic E-state index is -0.186. The lowest BCUT2D eigenvalue weighted by Gasteiger charge is -2.39. The third kappa shape index (κ3) is 3.06. The number of Topliss-reactive ketones (excluding diaryl/α,β-unsaturated/α-hetero) is 1. The fraction of sp³-hybridized carbons (Fsp3) is 0.947. The smallest absolute Gasteiger partial charge is 0.155 e. The summed E-state index contributed by atoms with van der Waals surface area (Å²) in [6.45, 7) is 16.6. The number of likely N-dealkylation sites (tertiary alicyclic amines) is 1. The maximum atomic E-state index is 13.1. The zero-order chi connectivity index (χ0) is 16.1. The largest absolute Gasteiger partial charge is 0.297 e. The van der Waals surface area contributed by atoms with E-state index in [9.17, 15) is 4.79 Å². The van der Waals surface area contributed by atoms with Crippen molar-refractivity contribution in [3.8, 4) is 0 Å². The Bertz CT molecular complexity index is 406. The van der Waals surface area contributed by atoms with Gasteiger partial charge in [0, 0.05) is 17.5 Å². The van der Waals surface area contributed by atoms with E-state index in [1.807, 2.05) is 0 Å². The zero-order valence-electron chi connectivity index (χ0n) is 15.3. The van der Waals surface area contributed by atoms with Gasteiger partial charge in [-0.2, -0.15) is 0 Å². The van der Waals surface area contributed by atoms with E-state index in [4.69, 9.17) is 0 Å². The van der Waals surface area contributed by atoms with Gasteiger partial charge >= 0.3 is 0 Å². The van der Waals surface area contributed by atoms with Crippen LogP contribution in [0.15, 0.2) is 0 Å². The van der Waals surface area contributed by atoms with Gasteiger partial charge in [0.05, 0.1) is 6.04 Å². The molecule has 1 aliphatic carbocycles. The van der Waals surface area contributed by atoms with Gasteiger partial charge in [-0.05, 0) is 51.4 Å². The molecule has 2 heteroatoms. The number of ketones is 1. The van der Waals surface area contributed by atoms with E-state index in [1.165, 1.54) is 19.3 Å². The van der Waals surface area contributed by atoms with E-state index in [-0.39, 0.29) is 17.0 Å². The second-order valence-electron chi connectivity index (χ2n) is 9.17. The predicted octanol–water partition coefficient (Wildman–Crippen LogP) is 4.67. The Morgan fingerprint density at radius 2 is 1.76 bits per heavy atom. The third-order valence-corrected chi connectivity index (χ3v) is 6.17. The minimum Gasteiger partial charge on any atom is -0.297 e. The average Bonchev–Trinajstić information content (AvgIpc) is 2.87. The van der Waals surface area contributed by atoms with Crippen LogP contribution in [0.2, 0.25) is 0 Å². The zero-order valence-corrected chi connectivity index (χ0v) is 15.3. The maximum Gasteiger partial charge on any atom is 0.155 e. The summed E-state index contributed by atoms with van der Waals surface area (Å²) < 4.78 is 0. The predicted molar refractivity (Wildman–Crippen MR) is 89.4 cm³/mol. The van der Waals surface area contributed by atoms with Crippen molar-refractivity contribution in [2.75, 3.05) is 6.54 Å². The van der Waals surface area contributed by atoms with Crippen LogP contribution in [0, 0.1) is 16.7 Å². The van der Waals surface area contributed by atoms with Gasteiger partial charge in [-0.25, -0.2) is 0 Å². The molecule has 21 heavy (non-hydrogen) atoms. The molecule has 1 unspecified atom stereocenters. The Labute approximate surface area is 131 Å². The Morgan fingerprint density at radius 1 is 1.14 bits per heavy atom. The van der Waals surface area contributed by atoms with Gasteiger partial charge in [-0.1, -0.05) is 40.5 Å². The van der Waals surface area contributed by atoms with Crippen LogP contribution in [0.1, 0.15) is 80.6 Å². The van der Waals surface area contributed by atoms with Crippen LogP contribution in [-0.4, -0.2) is 28.8 Å². The van der Waals surface area contributed by atoms with Crippen molar-refractivity contribution >= 4 is 5.78 Å². The first-order valence-electron chi connectivity index (χ1n) is 8.88. The topological polar surface area (TPSA) is 20.3 Å². The van der Waals surface area contributed by atoms with Gasteiger partial charge in [0.1, 0.15) is 0 Å². The van der Waals surface area contributed by atoms with Crippen molar-refractivity contribution in [3.63, 3.8) is 0 Å². The maximum absolute atomic E-state index is 13.1. The summed E-state index contributed by atoms with van der Waals surface area (Å²) in [7, 11) is 0. The SMILES string of the molecule is CCCC1C[C@@]12C[C@@H](C(=O)C(C)(C)CC)N(C(C)(C)C)C2. The molecule has 3 atom stereocenters. The summed E-state index contributed by atoms with van der Waals surface area (Å²) in [6, 6.07) is 0.141. The van der Waals surface area contributed by atoms with Gasteiger partial charge in [-0.3, -0.25) is 9.69 Å². The summed E-state index contributed by atoms with van der Waals surface area (Å²) in [5.74, 6) is 1.34. The Hall–Kier alpha value is -0.370. The third-order valence-electron chi connectivity index (χ3n) is 6.17. The summed E-state index contributed by atoms with van der Waals surface area (Å²) >= 11 is 0. The van der Waals surface area contributed by atoms with E-state index in [0.29, 0.717) is 11.2 Å². The van der Waals surface area contributed by atoms with Crippen LogP contribution >= 0.6 is 0 Å². The average molecular weight is 293 g/mol. The molecule has 0 N–H and O–H groups in total. The lowest BCUT2D eigenvalue weighted by molar-refractivity contribution is -0.133. The second kappa shape index (κ2) is 5.37. The van der Waals surface area contributed by atoms with Crippen LogP contribution in [0.25, 0.3) is 0 Å². The molecule has 0 aromatic rings. The van der Waals surface area contributed by atoms with Crippen LogP contribution in [0.5, 0.6) is 0 Å². The van der Waals surface area contributed by atoms with Gasteiger partial charge in [-0.15, -0.1) is 0 Å². The molecule has 0 aromatic heterocycles. The first-order valence-corrected chi connectivity index (χ1v) is 8.88. The quantitative estimate of drug-likeness (QED) is 0.734. The van der Waals surface area contributed by atoms with Crippen LogP contribution in [0.4, 0.5) is 0 Å². The van der Waals surface area contributed by atoms with Gasteiger partial charge in [0.25, 0.3) is 0 Å². The van der Waals surface area contributed by atoms with Crippen molar-refractivity contribution < 1.29 is 4.79 Å². The van der Waals surface area contributed by atoms with Crippen molar-refractivity contribution in [2.24, 2.45) is 16.7 Å². The van der Waals surface area contributed by atoms with Gasteiger partial charge < -0.3 is 0 Å². The highest BCUT2D eigenvalue weighted by Gasteiger charge is 2.62. The number of hydrogen-bond donors (Lipinski definition) is 0. The molecule has 0 aromatic carbocycles. The minimum absolute atomic E-state index is 0.0903.